The molecule has 1 unspecified atom stereocenters. The molecule has 2 aromatic carbocycles. The topological polar surface area (TPSA) is 128 Å². The Balaban J connectivity index is 1.98. The largest absolute Gasteiger partial charge is 0.466 e. The fraction of sp³-hybridized carbons (Fsp3) is 0.130. The number of thiazole rings is 1. The van der Waals surface area contributed by atoms with E-state index in [4.69, 9.17) is 21.6 Å². The number of aromatic nitrogens is 1. The van der Waals surface area contributed by atoms with E-state index < -0.39 is 22.5 Å². The van der Waals surface area contributed by atoms with E-state index >= 15 is 0 Å². The van der Waals surface area contributed by atoms with E-state index in [-0.39, 0.29) is 16.3 Å². The summed E-state index contributed by atoms with van der Waals surface area (Å²) in [7, 11) is 1.21. The fourth-order valence-electron chi connectivity index (χ4n) is 3.65. The Bertz CT molecular complexity index is 1600. The van der Waals surface area contributed by atoms with Crippen LogP contribution in [0.2, 0.25) is 5.02 Å². The smallest absolute Gasteiger partial charge is 0.338 e. The standard InChI is InChI=1S/C23H15ClN4O5S/c1-12-19(22(30)33-2)20(15-7-8-16(24)17(10-15)28(31)32)27-21(29)18(34-23(27)26-12)9-13-3-5-14(11-25)6-4-13/h3-10,20H,1-2H3. The summed E-state index contributed by atoms with van der Waals surface area (Å²) < 4.78 is 6.60. The number of nitriles is 1. The van der Waals surface area contributed by atoms with Crippen molar-refractivity contribution < 1.29 is 14.5 Å². The Labute approximate surface area is 201 Å². The van der Waals surface area contributed by atoms with Crippen LogP contribution in [0.3, 0.4) is 0 Å². The van der Waals surface area contributed by atoms with Crippen molar-refractivity contribution in [1.29, 1.82) is 5.26 Å². The minimum Gasteiger partial charge on any atom is -0.466 e. The van der Waals surface area contributed by atoms with Gasteiger partial charge in [-0.05, 0) is 42.3 Å². The van der Waals surface area contributed by atoms with Crippen LogP contribution in [0.5, 0.6) is 0 Å². The monoisotopic (exact) mass is 494 g/mol. The normalized spacial score (nSPS) is 15.4. The lowest BCUT2D eigenvalue weighted by Gasteiger charge is -2.24. The highest BCUT2D eigenvalue weighted by molar-refractivity contribution is 7.07. The number of nitrogens with zero attached hydrogens (tertiary/aromatic N) is 4. The summed E-state index contributed by atoms with van der Waals surface area (Å²) in [6.45, 7) is 1.61. The Kier molecular flexibility index (Phi) is 6.15. The number of rotatable bonds is 4. The Morgan fingerprint density at radius 2 is 2.03 bits per heavy atom. The second-order valence-corrected chi connectivity index (χ2v) is 8.69. The van der Waals surface area contributed by atoms with Crippen molar-refractivity contribution in [3.05, 3.63) is 105 Å². The predicted molar refractivity (Wildman–Crippen MR) is 125 cm³/mol. The Hall–Kier alpha value is -4.07. The van der Waals surface area contributed by atoms with Gasteiger partial charge in [-0.15, -0.1) is 0 Å². The van der Waals surface area contributed by atoms with Crippen LogP contribution in [0.15, 0.2) is 63.5 Å². The molecule has 0 radical (unpaired) electrons. The van der Waals surface area contributed by atoms with Gasteiger partial charge in [0.2, 0.25) is 0 Å². The van der Waals surface area contributed by atoms with Crippen LogP contribution in [0.4, 0.5) is 5.69 Å². The summed E-state index contributed by atoms with van der Waals surface area (Å²) in [5, 5.41) is 20.4. The van der Waals surface area contributed by atoms with Crippen LogP contribution in [0, 0.1) is 21.4 Å². The zero-order valence-electron chi connectivity index (χ0n) is 17.8. The van der Waals surface area contributed by atoms with Gasteiger partial charge in [0, 0.05) is 6.07 Å². The van der Waals surface area contributed by atoms with Crippen molar-refractivity contribution in [2.24, 2.45) is 4.99 Å². The van der Waals surface area contributed by atoms with Gasteiger partial charge in [0.1, 0.15) is 5.02 Å². The number of allylic oxidation sites excluding steroid dienone is 1. The molecular weight excluding hydrogens is 480 g/mol. The Morgan fingerprint density at radius 1 is 1.32 bits per heavy atom. The zero-order valence-corrected chi connectivity index (χ0v) is 19.4. The summed E-state index contributed by atoms with van der Waals surface area (Å²) in [5.74, 6) is -0.703. The van der Waals surface area contributed by atoms with E-state index in [0.29, 0.717) is 31.7 Å². The first-order valence-corrected chi connectivity index (χ1v) is 11.0. The van der Waals surface area contributed by atoms with Gasteiger partial charge in [-0.1, -0.05) is 41.1 Å². The SMILES string of the molecule is COC(=O)C1=C(C)N=c2sc(=Cc3ccc(C#N)cc3)c(=O)n2C1c1ccc(Cl)c([N+](=O)[O-])c1. The first-order chi connectivity index (χ1) is 16.2. The number of halogens is 1. The maximum absolute atomic E-state index is 13.5. The first-order valence-electron chi connectivity index (χ1n) is 9.80. The summed E-state index contributed by atoms with van der Waals surface area (Å²) in [5.41, 5.74) is 1.16. The molecule has 11 heteroatoms. The molecule has 0 aliphatic carbocycles. The lowest BCUT2D eigenvalue weighted by atomic mass is 9.95. The number of esters is 1. The summed E-state index contributed by atoms with van der Waals surface area (Å²) >= 11 is 7.10. The van der Waals surface area contributed by atoms with Crippen LogP contribution in [0.25, 0.3) is 6.08 Å². The summed E-state index contributed by atoms with van der Waals surface area (Å²) in [4.78, 5) is 41.8. The second-order valence-electron chi connectivity index (χ2n) is 7.28. The lowest BCUT2D eigenvalue weighted by molar-refractivity contribution is -0.384. The van der Waals surface area contributed by atoms with Gasteiger partial charge in [-0.3, -0.25) is 19.5 Å². The van der Waals surface area contributed by atoms with E-state index in [9.17, 15) is 19.7 Å². The Morgan fingerprint density at radius 3 is 2.65 bits per heavy atom. The number of nitro benzene ring substituents is 1. The van der Waals surface area contributed by atoms with Crippen molar-refractivity contribution in [2.75, 3.05) is 7.11 Å². The minimum atomic E-state index is -0.997. The molecule has 0 saturated carbocycles. The molecule has 1 aromatic heterocycles. The number of methoxy groups -OCH3 is 1. The average Bonchev–Trinajstić information content (AvgIpc) is 3.12. The molecule has 0 N–H and O–H groups in total. The second kappa shape index (κ2) is 9.05. The van der Waals surface area contributed by atoms with Gasteiger partial charge in [-0.2, -0.15) is 5.26 Å². The average molecular weight is 495 g/mol. The minimum absolute atomic E-state index is 0.0673. The molecule has 4 rings (SSSR count). The lowest BCUT2D eigenvalue weighted by Crippen LogP contribution is -2.39. The third kappa shape index (κ3) is 4.03. The number of benzene rings is 2. The number of carbonyl (C=O) groups excluding carboxylic acids is 1. The molecule has 3 aromatic rings. The number of nitro groups is 1. The quantitative estimate of drug-likeness (QED) is 0.311. The zero-order chi connectivity index (χ0) is 24.6. The molecule has 9 nitrogen and oxygen atoms in total. The predicted octanol–water partition coefficient (Wildman–Crippen LogP) is 2.84. The number of hydrogen-bond donors (Lipinski definition) is 0. The molecule has 0 amide bonds. The van der Waals surface area contributed by atoms with Crippen molar-refractivity contribution in [3.63, 3.8) is 0 Å². The van der Waals surface area contributed by atoms with E-state index in [1.807, 2.05) is 6.07 Å². The molecule has 1 atom stereocenters. The van der Waals surface area contributed by atoms with Gasteiger partial charge in [0.25, 0.3) is 11.2 Å². The highest BCUT2D eigenvalue weighted by atomic mass is 35.5. The molecule has 0 saturated heterocycles. The van der Waals surface area contributed by atoms with Gasteiger partial charge < -0.3 is 4.74 Å². The number of ether oxygens (including phenoxy) is 1. The number of fused-ring (bicyclic) bond motifs is 1. The van der Waals surface area contributed by atoms with Crippen LogP contribution in [0.1, 0.15) is 29.7 Å². The van der Waals surface area contributed by atoms with Gasteiger partial charge in [0.15, 0.2) is 4.80 Å². The van der Waals surface area contributed by atoms with Crippen LogP contribution >= 0.6 is 22.9 Å². The highest BCUT2D eigenvalue weighted by Crippen LogP contribution is 2.34. The fourth-order valence-corrected chi connectivity index (χ4v) is 4.89. The summed E-state index contributed by atoms with van der Waals surface area (Å²) in [6, 6.07) is 11.9. The molecule has 0 spiro atoms. The van der Waals surface area contributed by atoms with E-state index in [2.05, 4.69) is 4.99 Å². The first kappa shape index (κ1) is 23.1. The van der Waals surface area contributed by atoms with Crippen LogP contribution in [-0.4, -0.2) is 22.6 Å². The molecule has 0 bridgehead atoms. The molecule has 2 heterocycles. The third-order valence-corrected chi connectivity index (χ3v) is 6.55. The van der Waals surface area contributed by atoms with E-state index in [1.54, 1.807) is 37.3 Å². The number of carbonyl (C=O) groups is 1. The van der Waals surface area contributed by atoms with Gasteiger partial charge >= 0.3 is 5.97 Å². The summed E-state index contributed by atoms with van der Waals surface area (Å²) in [6.07, 6.45) is 1.66. The van der Waals surface area contributed by atoms with Crippen molar-refractivity contribution in [2.45, 2.75) is 13.0 Å². The molecule has 0 fully saturated rings. The molecule has 1 aliphatic heterocycles. The molecular formula is C23H15ClN4O5S. The molecule has 170 valence electrons. The van der Waals surface area contributed by atoms with Gasteiger partial charge in [-0.25, -0.2) is 9.79 Å². The maximum Gasteiger partial charge on any atom is 0.338 e. The number of hydrogen-bond acceptors (Lipinski definition) is 8. The molecule has 34 heavy (non-hydrogen) atoms. The third-order valence-electron chi connectivity index (χ3n) is 5.25. The van der Waals surface area contributed by atoms with Crippen molar-refractivity contribution in [3.8, 4) is 6.07 Å². The maximum atomic E-state index is 13.5. The highest BCUT2D eigenvalue weighted by Gasteiger charge is 2.34. The molecule has 1 aliphatic rings. The van der Waals surface area contributed by atoms with Crippen molar-refractivity contribution >= 4 is 40.7 Å². The van der Waals surface area contributed by atoms with Crippen LogP contribution < -0.4 is 14.9 Å². The van der Waals surface area contributed by atoms with Crippen molar-refractivity contribution in [1.82, 2.24) is 4.57 Å². The van der Waals surface area contributed by atoms with Gasteiger partial charge in [0.05, 0.1) is 45.5 Å². The van der Waals surface area contributed by atoms with Crippen LogP contribution in [-0.2, 0) is 9.53 Å². The van der Waals surface area contributed by atoms with E-state index in [0.717, 1.165) is 11.3 Å². The van der Waals surface area contributed by atoms with E-state index in [1.165, 1.54) is 29.9 Å².